The molecular weight excluding hydrogens is 278 g/mol. The molecule has 5 nitrogen and oxygen atoms in total. The minimum absolute atomic E-state index is 0.293. The summed E-state index contributed by atoms with van der Waals surface area (Å²) in [6, 6.07) is 11.9. The van der Waals surface area contributed by atoms with E-state index in [0.717, 1.165) is 24.9 Å². The maximum Gasteiger partial charge on any atom is 0.421 e. The van der Waals surface area contributed by atoms with E-state index < -0.39 is 0 Å². The van der Waals surface area contributed by atoms with E-state index >= 15 is 0 Å². The van der Waals surface area contributed by atoms with E-state index in [1.54, 1.807) is 10.8 Å². The number of fused-ring (bicyclic) bond motifs is 1. The van der Waals surface area contributed by atoms with Crippen molar-refractivity contribution in [1.82, 2.24) is 14.5 Å². The average molecular weight is 295 g/mol. The number of oxazole rings is 1. The SMILES string of the molecule is O=c1oc2ccccc2n1CN1CCCC1c1cccnc1. The summed E-state index contributed by atoms with van der Waals surface area (Å²) in [6.45, 7) is 1.53. The van der Waals surface area contributed by atoms with E-state index in [0.29, 0.717) is 18.3 Å². The lowest BCUT2D eigenvalue weighted by Crippen LogP contribution is -2.30. The first-order valence-electron chi connectivity index (χ1n) is 7.55. The quantitative estimate of drug-likeness (QED) is 0.745. The monoisotopic (exact) mass is 295 g/mol. The first kappa shape index (κ1) is 13.3. The summed E-state index contributed by atoms with van der Waals surface area (Å²) < 4.78 is 7.03. The number of pyridine rings is 1. The van der Waals surface area contributed by atoms with Crippen molar-refractivity contribution in [3.05, 3.63) is 64.9 Å². The largest absolute Gasteiger partial charge is 0.421 e. The fourth-order valence-corrected chi connectivity index (χ4v) is 3.28. The van der Waals surface area contributed by atoms with Crippen LogP contribution in [0.4, 0.5) is 0 Å². The third-order valence-electron chi connectivity index (χ3n) is 4.33. The van der Waals surface area contributed by atoms with E-state index in [2.05, 4.69) is 16.0 Å². The molecule has 1 aromatic carbocycles. The molecule has 0 N–H and O–H groups in total. The van der Waals surface area contributed by atoms with Crippen LogP contribution in [0.1, 0.15) is 24.4 Å². The van der Waals surface area contributed by atoms with Crippen LogP contribution in [0.5, 0.6) is 0 Å². The standard InChI is InChI=1S/C17H17N3O2/c21-17-20(15-6-1-2-8-16(15)22-17)12-19-10-4-7-14(19)13-5-3-9-18-11-13/h1-3,5-6,8-9,11,14H,4,7,10,12H2. The number of rotatable bonds is 3. The highest BCUT2D eigenvalue weighted by Gasteiger charge is 2.27. The molecule has 22 heavy (non-hydrogen) atoms. The summed E-state index contributed by atoms with van der Waals surface area (Å²) in [7, 11) is 0. The summed E-state index contributed by atoms with van der Waals surface area (Å²) in [5.41, 5.74) is 2.70. The first-order valence-corrected chi connectivity index (χ1v) is 7.55. The van der Waals surface area contributed by atoms with Crippen LogP contribution in [0.15, 0.2) is 58.0 Å². The van der Waals surface area contributed by atoms with E-state index in [1.807, 2.05) is 36.5 Å². The Balaban J connectivity index is 1.67. The summed E-state index contributed by atoms with van der Waals surface area (Å²) in [5, 5.41) is 0. The van der Waals surface area contributed by atoms with Crippen molar-refractivity contribution in [2.24, 2.45) is 0 Å². The lowest BCUT2D eigenvalue weighted by atomic mass is 10.1. The predicted octanol–water partition coefficient (Wildman–Crippen LogP) is 2.78. The Kier molecular flexibility index (Phi) is 3.27. The second-order valence-corrected chi connectivity index (χ2v) is 5.66. The molecule has 4 rings (SSSR count). The number of likely N-dealkylation sites (tertiary alicyclic amines) is 1. The zero-order chi connectivity index (χ0) is 14.9. The summed E-state index contributed by atoms with van der Waals surface area (Å²) in [5.74, 6) is -0.293. The maximum atomic E-state index is 12.1. The number of hydrogen-bond donors (Lipinski definition) is 0. The van der Waals surface area contributed by atoms with Gasteiger partial charge in [-0.1, -0.05) is 18.2 Å². The molecule has 0 radical (unpaired) electrons. The zero-order valence-electron chi connectivity index (χ0n) is 12.2. The first-order chi connectivity index (χ1) is 10.8. The van der Waals surface area contributed by atoms with Crippen LogP contribution in [0, 0.1) is 0 Å². The van der Waals surface area contributed by atoms with Gasteiger partial charge in [-0.3, -0.25) is 14.5 Å². The topological polar surface area (TPSA) is 51.3 Å². The molecule has 5 heteroatoms. The van der Waals surface area contributed by atoms with E-state index in [4.69, 9.17) is 4.42 Å². The molecule has 1 aliphatic heterocycles. The maximum absolute atomic E-state index is 12.1. The fourth-order valence-electron chi connectivity index (χ4n) is 3.28. The van der Waals surface area contributed by atoms with Gasteiger partial charge in [0, 0.05) is 25.0 Å². The van der Waals surface area contributed by atoms with Gasteiger partial charge in [-0.05, 0) is 36.6 Å². The Bertz CT molecular complexity index is 838. The number of aromatic nitrogens is 2. The molecule has 1 unspecified atom stereocenters. The molecule has 1 aliphatic rings. The highest BCUT2D eigenvalue weighted by atomic mass is 16.4. The van der Waals surface area contributed by atoms with Crippen LogP contribution in [0.2, 0.25) is 0 Å². The van der Waals surface area contributed by atoms with E-state index in [1.165, 1.54) is 5.56 Å². The van der Waals surface area contributed by atoms with Crippen molar-refractivity contribution < 1.29 is 4.42 Å². The van der Waals surface area contributed by atoms with Crippen LogP contribution in [0.3, 0.4) is 0 Å². The minimum Gasteiger partial charge on any atom is -0.408 e. The molecule has 3 aromatic rings. The second-order valence-electron chi connectivity index (χ2n) is 5.66. The van der Waals surface area contributed by atoms with Gasteiger partial charge in [0.2, 0.25) is 0 Å². The minimum atomic E-state index is -0.293. The van der Waals surface area contributed by atoms with E-state index in [-0.39, 0.29) is 5.76 Å². The Labute approximate surface area is 127 Å². The third-order valence-corrected chi connectivity index (χ3v) is 4.33. The van der Waals surface area contributed by atoms with Gasteiger partial charge in [-0.25, -0.2) is 4.79 Å². The highest BCUT2D eigenvalue weighted by Crippen LogP contribution is 2.31. The van der Waals surface area contributed by atoms with Crippen molar-refractivity contribution in [2.45, 2.75) is 25.6 Å². The molecule has 0 bridgehead atoms. The van der Waals surface area contributed by atoms with Crippen molar-refractivity contribution in [1.29, 1.82) is 0 Å². The van der Waals surface area contributed by atoms with Crippen molar-refractivity contribution in [3.8, 4) is 0 Å². The summed E-state index contributed by atoms with van der Waals surface area (Å²) in [6.07, 6.45) is 5.93. The average Bonchev–Trinajstić information content (AvgIpc) is 3.14. The fraction of sp³-hybridized carbons (Fsp3) is 0.294. The Morgan fingerprint density at radius 1 is 1.23 bits per heavy atom. The Hall–Kier alpha value is -2.40. The van der Waals surface area contributed by atoms with Gasteiger partial charge in [0.25, 0.3) is 0 Å². The summed E-state index contributed by atoms with van der Waals surface area (Å²) in [4.78, 5) is 18.7. The van der Waals surface area contributed by atoms with Gasteiger partial charge in [0.15, 0.2) is 5.58 Å². The van der Waals surface area contributed by atoms with Gasteiger partial charge in [0.1, 0.15) is 0 Å². The van der Waals surface area contributed by atoms with Crippen LogP contribution in [0.25, 0.3) is 11.1 Å². The van der Waals surface area contributed by atoms with Crippen molar-refractivity contribution in [2.75, 3.05) is 6.54 Å². The zero-order valence-corrected chi connectivity index (χ0v) is 12.2. The van der Waals surface area contributed by atoms with Crippen molar-refractivity contribution in [3.63, 3.8) is 0 Å². The molecule has 0 saturated carbocycles. The van der Waals surface area contributed by atoms with Gasteiger partial charge in [-0.15, -0.1) is 0 Å². The molecule has 112 valence electrons. The lowest BCUT2D eigenvalue weighted by Gasteiger charge is -2.24. The van der Waals surface area contributed by atoms with Crippen molar-refractivity contribution >= 4 is 11.1 Å². The predicted molar refractivity (Wildman–Crippen MR) is 83.4 cm³/mol. The third kappa shape index (κ3) is 2.23. The number of hydrogen-bond acceptors (Lipinski definition) is 4. The molecule has 1 saturated heterocycles. The van der Waals surface area contributed by atoms with Gasteiger partial charge < -0.3 is 4.42 Å². The van der Waals surface area contributed by atoms with E-state index in [9.17, 15) is 4.79 Å². The normalized spacial score (nSPS) is 19.0. The smallest absolute Gasteiger partial charge is 0.408 e. The Morgan fingerprint density at radius 3 is 3.00 bits per heavy atom. The van der Waals surface area contributed by atoms with Gasteiger partial charge >= 0.3 is 5.76 Å². The number of nitrogens with zero attached hydrogens (tertiary/aromatic N) is 3. The molecule has 1 atom stereocenters. The lowest BCUT2D eigenvalue weighted by molar-refractivity contribution is 0.198. The van der Waals surface area contributed by atoms with Gasteiger partial charge in [-0.2, -0.15) is 0 Å². The van der Waals surface area contributed by atoms with Crippen LogP contribution in [-0.2, 0) is 6.67 Å². The number of benzene rings is 1. The van der Waals surface area contributed by atoms with Gasteiger partial charge in [0.05, 0.1) is 12.2 Å². The Morgan fingerprint density at radius 2 is 2.14 bits per heavy atom. The van der Waals surface area contributed by atoms with Crippen LogP contribution < -0.4 is 5.76 Å². The summed E-state index contributed by atoms with van der Waals surface area (Å²) >= 11 is 0. The molecule has 0 amide bonds. The highest BCUT2D eigenvalue weighted by molar-refractivity contribution is 5.72. The molecule has 0 aliphatic carbocycles. The number of para-hydroxylation sites is 2. The second kappa shape index (κ2) is 5.42. The van der Waals surface area contributed by atoms with Crippen LogP contribution in [-0.4, -0.2) is 21.0 Å². The molecule has 0 spiro atoms. The molecule has 2 aromatic heterocycles. The molecule has 3 heterocycles. The van der Waals surface area contributed by atoms with Crippen LogP contribution >= 0.6 is 0 Å². The molecule has 1 fully saturated rings. The molecular formula is C17H17N3O2.